The molecule has 1 rings (SSSR count). The molecule has 1 aromatic heterocycles. The van der Waals surface area contributed by atoms with Gasteiger partial charge in [-0.2, -0.15) is 0 Å². The number of hydrogen-bond acceptors (Lipinski definition) is 3. The van der Waals surface area contributed by atoms with Crippen LogP contribution in [0.3, 0.4) is 0 Å². The molecule has 0 aliphatic rings. The average molecular weight is 150 g/mol. The van der Waals surface area contributed by atoms with Crippen molar-refractivity contribution in [2.45, 2.75) is 19.4 Å². The van der Waals surface area contributed by atoms with Crippen molar-refractivity contribution < 1.29 is 0 Å². The van der Waals surface area contributed by atoms with Crippen molar-refractivity contribution in [3.8, 4) is 0 Å². The Morgan fingerprint density at radius 2 is 2.18 bits per heavy atom. The Bertz CT molecular complexity index is 244. The zero-order valence-electron chi connectivity index (χ0n) is 6.61. The molecule has 0 unspecified atom stereocenters. The van der Waals surface area contributed by atoms with Gasteiger partial charge in [-0.3, -0.25) is 4.98 Å². The summed E-state index contributed by atoms with van der Waals surface area (Å²) in [6, 6.07) is 5.45. The molecule has 0 aliphatic carbocycles. The number of nitrogens with zero attached hydrogens (tertiary/aromatic N) is 2. The summed E-state index contributed by atoms with van der Waals surface area (Å²) in [5.74, 6) is 0. The van der Waals surface area contributed by atoms with Gasteiger partial charge in [0.15, 0.2) is 0 Å². The van der Waals surface area contributed by atoms with Crippen molar-refractivity contribution in [3.63, 3.8) is 0 Å². The second-order valence-corrected chi connectivity index (χ2v) is 2.87. The van der Waals surface area contributed by atoms with E-state index >= 15 is 0 Å². The highest BCUT2D eigenvalue weighted by atomic mass is 16.3. The third-order valence-electron chi connectivity index (χ3n) is 1.52. The summed E-state index contributed by atoms with van der Waals surface area (Å²) in [7, 11) is 0. The highest BCUT2D eigenvalue weighted by Crippen LogP contribution is 2.20. The van der Waals surface area contributed by atoms with Crippen molar-refractivity contribution in [3.05, 3.63) is 35.0 Å². The van der Waals surface area contributed by atoms with Crippen molar-refractivity contribution in [1.82, 2.24) is 4.98 Å². The molecule has 1 heterocycles. The molecule has 0 N–H and O–H groups in total. The smallest absolute Gasteiger partial charge is 0.139 e. The number of aromatic nitrogens is 1. The van der Waals surface area contributed by atoms with E-state index in [4.69, 9.17) is 0 Å². The Hall–Kier alpha value is -1.25. The molecule has 0 spiro atoms. The molecule has 0 aliphatic heterocycles. The van der Waals surface area contributed by atoms with E-state index in [1.54, 1.807) is 26.1 Å². The van der Waals surface area contributed by atoms with E-state index in [-0.39, 0.29) is 0 Å². The Kier molecular flexibility index (Phi) is 1.98. The van der Waals surface area contributed by atoms with Gasteiger partial charge in [-0.25, -0.2) is 0 Å². The summed E-state index contributed by atoms with van der Waals surface area (Å²) in [6.45, 7) is 3.48. The van der Waals surface area contributed by atoms with Crippen molar-refractivity contribution in [2.75, 3.05) is 0 Å². The second-order valence-electron chi connectivity index (χ2n) is 2.87. The Labute approximate surface area is 65.4 Å². The van der Waals surface area contributed by atoms with Gasteiger partial charge in [0.2, 0.25) is 0 Å². The molecule has 3 heteroatoms. The first-order valence-corrected chi connectivity index (χ1v) is 3.43. The third kappa shape index (κ3) is 1.61. The van der Waals surface area contributed by atoms with E-state index in [0.717, 1.165) is 0 Å². The van der Waals surface area contributed by atoms with E-state index in [9.17, 15) is 4.91 Å². The molecule has 58 valence electrons. The number of hydrogen-bond donors (Lipinski definition) is 0. The standard InChI is InChI=1S/C8H10N2O/c1-8(2,10-11)7-5-3-4-6-9-7/h3-6H,1-2H3. The summed E-state index contributed by atoms with van der Waals surface area (Å²) in [5.41, 5.74) is -0.00338. The van der Waals surface area contributed by atoms with Gasteiger partial charge >= 0.3 is 0 Å². The van der Waals surface area contributed by atoms with Crippen LogP contribution < -0.4 is 0 Å². The number of pyridine rings is 1. The first-order valence-electron chi connectivity index (χ1n) is 3.43. The van der Waals surface area contributed by atoms with Gasteiger partial charge < -0.3 is 0 Å². The molecule has 0 saturated carbocycles. The average Bonchev–Trinajstić information content (AvgIpc) is 2.06. The maximum atomic E-state index is 10.3. The normalized spacial score (nSPS) is 11.1. The van der Waals surface area contributed by atoms with Crippen molar-refractivity contribution in [1.29, 1.82) is 0 Å². The fourth-order valence-electron chi connectivity index (χ4n) is 0.771. The van der Waals surface area contributed by atoms with Crippen LogP contribution >= 0.6 is 0 Å². The van der Waals surface area contributed by atoms with Crippen LogP contribution in [0.15, 0.2) is 29.6 Å². The summed E-state index contributed by atoms with van der Waals surface area (Å²) >= 11 is 0. The Morgan fingerprint density at radius 1 is 1.45 bits per heavy atom. The molecule has 0 fully saturated rings. The maximum Gasteiger partial charge on any atom is 0.139 e. The van der Waals surface area contributed by atoms with Gasteiger partial charge in [-0.15, -0.1) is 4.91 Å². The van der Waals surface area contributed by atoms with E-state index in [0.29, 0.717) is 5.69 Å². The fourth-order valence-corrected chi connectivity index (χ4v) is 0.771. The minimum absolute atomic E-state index is 0.704. The lowest BCUT2D eigenvalue weighted by Gasteiger charge is -2.12. The highest BCUT2D eigenvalue weighted by Gasteiger charge is 2.21. The van der Waals surface area contributed by atoms with Crippen LogP contribution in [0, 0.1) is 4.91 Å². The van der Waals surface area contributed by atoms with Gasteiger partial charge in [0.25, 0.3) is 0 Å². The van der Waals surface area contributed by atoms with E-state index in [1.165, 1.54) is 0 Å². The Balaban J connectivity index is 3.02. The predicted octanol–water partition coefficient (Wildman–Crippen LogP) is 2.08. The van der Waals surface area contributed by atoms with E-state index < -0.39 is 5.54 Å². The Morgan fingerprint density at radius 3 is 2.64 bits per heavy atom. The summed E-state index contributed by atoms with van der Waals surface area (Å²) in [4.78, 5) is 14.4. The van der Waals surface area contributed by atoms with Gasteiger partial charge in [-0.1, -0.05) is 11.2 Å². The van der Waals surface area contributed by atoms with Crippen LogP contribution in [-0.2, 0) is 5.54 Å². The predicted molar refractivity (Wildman–Crippen MR) is 43.1 cm³/mol. The molecule has 3 nitrogen and oxygen atoms in total. The molecular weight excluding hydrogens is 140 g/mol. The first-order chi connectivity index (χ1) is 5.17. The van der Waals surface area contributed by atoms with Crippen LogP contribution in [0.5, 0.6) is 0 Å². The molecule has 0 saturated heterocycles. The fraction of sp³-hybridized carbons (Fsp3) is 0.375. The van der Waals surface area contributed by atoms with Crippen molar-refractivity contribution in [2.24, 2.45) is 5.18 Å². The van der Waals surface area contributed by atoms with Crippen LogP contribution in [0.25, 0.3) is 0 Å². The molecule has 1 aromatic rings. The quantitative estimate of drug-likeness (QED) is 0.606. The lowest BCUT2D eigenvalue weighted by Crippen LogP contribution is -2.14. The maximum absolute atomic E-state index is 10.3. The molecule has 11 heavy (non-hydrogen) atoms. The number of rotatable bonds is 2. The van der Waals surface area contributed by atoms with Gasteiger partial charge in [0.1, 0.15) is 5.54 Å². The largest absolute Gasteiger partial charge is 0.259 e. The molecule has 0 radical (unpaired) electrons. The molecule has 0 aromatic carbocycles. The SMILES string of the molecule is CC(C)(N=O)c1ccccn1. The second kappa shape index (κ2) is 2.78. The first kappa shape index (κ1) is 7.85. The van der Waals surface area contributed by atoms with Gasteiger partial charge in [0.05, 0.1) is 5.69 Å². The lowest BCUT2D eigenvalue weighted by molar-refractivity contribution is 0.533. The monoisotopic (exact) mass is 150 g/mol. The highest BCUT2D eigenvalue weighted by molar-refractivity contribution is 5.12. The van der Waals surface area contributed by atoms with Crippen LogP contribution in [0.1, 0.15) is 19.5 Å². The zero-order valence-corrected chi connectivity index (χ0v) is 6.61. The summed E-state index contributed by atoms with van der Waals surface area (Å²) < 4.78 is 0. The van der Waals surface area contributed by atoms with Crippen molar-refractivity contribution >= 4 is 0 Å². The van der Waals surface area contributed by atoms with Crippen LogP contribution in [-0.4, -0.2) is 4.98 Å². The summed E-state index contributed by atoms with van der Waals surface area (Å²) in [6.07, 6.45) is 1.66. The van der Waals surface area contributed by atoms with Crippen LogP contribution in [0.2, 0.25) is 0 Å². The topological polar surface area (TPSA) is 42.3 Å². The van der Waals surface area contributed by atoms with Gasteiger partial charge in [-0.05, 0) is 26.0 Å². The zero-order chi connectivity index (χ0) is 8.32. The summed E-state index contributed by atoms with van der Waals surface area (Å²) in [5, 5.41) is 2.98. The molecule has 0 bridgehead atoms. The van der Waals surface area contributed by atoms with E-state index in [2.05, 4.69) is 10.2 Å². The van der Waals surface area contributed by atoms with Crippen LogP contribution in [0.4, 0.5) is 0 Å². The lowest BCUT2D eigenvalue weighted by atomic mass is 10.0. The minimum atomic E-state index is -0.707. The minimum Gasteiger partial charge on any atom is -0.259 e. The molecular formula is C8H10N2O. The number of nitroso groups, excluding NO2 is 1. The third-order valence-corrected chi connectivity index (χ3v) is 1.52. The molecule has 0 atom stereocenters. The van der Waals surface area contributed by atoms with E-state index in [1.807, 2.05) is 12.1 Å². The molecule has 0 amide bonds. The van der Waals surface area contributed by atoms with Gasteiger partial charge in [0, 0.05) is 6.20 Å².